The number of anilines is 1. The first kappa shape index (κ1) is 14.3. The minimum atomic E-state index is -0.336. The van der Waals surface area contributed by atoms with Gasteiger partial charge >= 0.3 is 0 Å². The third-order valence-electron chi connectivity index (χ3n) is 2.68. The van der Waals surface area contributed by atoms with E-state index in [4.69, 9.17) is 0 Å². The Morgan fingerprint density at radius 2 is 2.15 bits per heavy atom. The van der Waals surface area contributed by atoms with Crippen molar-refractivity contribution in [3.05, 3.63) is 45.9 Å². The molecule has 104 valence electrons. The van der Waals surface area contributed by atoms with Gasteiger partial charge in [-0.3, -0.25) is 14.6 Å². The van der Waals surface area contributed by atoms with Crippen LogP contribution in [0.4, 0.5) is 5.69 Å². The number of carbonyl (C=O) groups is 1. The summed E-state index contributed by atoms with van der Waals surface area (Å²) in [5, 5.41) is 10.4. The number of H-pyrrole nitrogens is 1. The van der Waals surface area contributed by atoms with E-state index in [1.807, 2.05) is 32.0 Å². The highest BCUT2D eigenvalue weighted by Crippen LogP contribution is 2.15. The zero-order valence-corrected chi connectivity index (χ0v) is 12.0. The number of hydrogen-bond acceptors (Lipinski definition) is 5. The second-order valence-electron chi connectivity index (χ2n) is 4.27. The van der Waals surface area contributed by atoms with Gasteiger partial charge in [0.05, 0.1) is 5.75 Å². The molecule has 2 rings (SSSR count). The third kappa shape index (κ3) is 3.92. The number of thioether (sulfide) groups is 1. The molecule has 1 amide bonds. The number of benzene rings is 1. The summed E-state index contributed by atoms with van der Waals surface area (Å²) in [6.07, 6.45) is 1.08. The lowest BCUT2D eigenvalue weighted by Crippen LogP contribution is -2.15. The minimum absolute atomic E-state index is 0.154. The van der Waals surface area contributed by atoms with Gasteiger partial charge in [0.15, 0.2) is 5.16 Å². The molecule has 0 spiro atoms. The van der Waals surface area contributed by atoms with Crippen molar-refractivity contribution in [1.82, 2.24) is 15.2 Å². The van der Waals surface area contributed by atoms with Crippen molar-refractivity contribution in [2.75, 3.05) is 11.1 Å². The molecular formula is C13H14N4O2S. The van der Waals surface area contributed by atoms with E-state index in [9.17, 15) is 9.59 Å². The fourth-order valence-electron chi connectivity index (χ4n) is 1.51. The summed E-state index contributed by atoms with van der Waals surface area (Å²) in [4.78, 5) is 25.3. The van der Waals surface area contributed by atoms with Crippen molar-refractivity contribution in [2.45, 2.75) is 19.0 Å². The zero-order valence-electron chi connectivity index (χ0n) is 11.1. The molecule has 0 bridgehead atoms. The molecule has 1 heterocycles. The van der Waals surface area contributed by atoms with E-state index >= 15 is 0 Å². The Hall–Kier alpha value is -2.15. The summed E-state index contributed by atoms with van der Waals surface area (Å²) in [6.45, 7) is 4.01. The fourth-order valence-corrected chi connectivity index (χ4v) is 2.13. The first-order chi connectivity index (χ1) is 9.54. The van der Waals surface area contributed by atoms with E-state index in [0.29, 0.717) is 5.16 Å². The van der Waals surface area contributed by atoms with Crippen LogP contribution in [-0.4, -0.2) is 26.8 Å². The van der Waals surface area contributed by atoms with Gasteiger partial charge in [-0.15, -0.1) is 5.10 Å². The number of carbonyl (C=O) groups excluding carboxylic acids is 1. The highest BCUT2D eigenvalue weighted by molar-refractivity contribution is 7.99. The lowest BCUT2D eigenvalue weighted by molar-refractivity contribution is -0.113. The maximum atomic E-state index is 11.8. The molecule has 0 saturated carbocycles. The summed E-state index contributed by atoms with van der Waals surface area (Å²) in [7, 11) is 0. The number of aromatic amines is 1. The SMILES string of the molecule is Cc1ccc(NC(=O)CSc2nncc(=O)[nH]2)cc1C. The van der Waals surface area contributed by atoms with Gasteiger partial charge in [-0.1, -0.05) is 17.8 Å². The number of aryl methyl sites for hydroxylation is 2. The first-order valence-electron chi connectivity index (χ1n) is 5.96. The molecule has 1 aromatic carbocycles. The van der Waals surface area contributed by atoms with Gasteiger partial charge in [0, 0.05) is 5.69 Å². The van der Waals surface area contributed by atoms with Gasteiger partial charge in [0.25, 0.3) is 5.56 Å². The summed E-state index contributed by atoms with van der Waals surface area (Å²) in [5.74, 6) is -0.00794. The number of aromatic nitrogens is 3. The third-order valence-corrected chi connectivity index (χ3v) is 3.55. The molecule has 0 unspecified atom stereocenters. The van der Waals surface area contributed by atoms with Gasteiger partial charge in [-0.2, -0.15) is 5.10 Å². The van der Waals surface area contributed by atoms with Crippen LogP contribution in [0.2, 0.25) is 0 Å². The smallest absolute Gasteiger partial charge is 0.270 e. The van der Waals surface area contributed by atoms with Crippen molar-refractivity contribution < 1.29 is 4.79 Å². The van der Waals surface area contributed by atoms with Crippen LogP contribution in [0.1, 0.15) is 11.1 Å². The highest BCUT2D eigenvalue weighted by atomic mass is 32.2. The summed E-state index contributed by atoms with van der Waals surface area (Å²) in [6, 6.07) is 5.73. The summed E-state index contributed by atoms with van der Waals surface area (Å²) < 4.78 is 0. The molecule has 0 radical (unpaired) electrons. The summed E-state index contributed by atoms with van der Waals surface area (Å²) in [5.41, 5.74) is 2.71. The Morgan fingerprint density at radius 1 is 1.35 bits per heavy atom. The topological polar surface area (TPSA) is 87.7 Å². The molecule has 2 N–H and O–H groups in total. The molecule has 6 nitrogen and oxygen atoms in total. The second kappa shape index (κ2) is 6.33. The van der Waals surface area contributed by atoms with Crippen LogP contribution in [0.25, 0.3) is 0 Å². The molecule has 0 fully saturated rings. The lowest BCUT2D eigenvalue weighted by Gasteiger charge is -2.07. The Kier molecular flexibility index (Phi) is 4.52. The fraction of sp³-hybridized carbons (Fsp3) is 0.231. The van der Waals surface area contributed by atoms with Gasteiger partial charge in [0.1, 0.15) is 6.20 Å². The normalized spacial score (nSPS) is 10.3. The van der Waals surface area contributed by atoms with Gasteiger partial charge < -0.3 is 5.32 Å². The van der Waals surface area contributed by atoms with Crippen molar-refractivity contribution >= 4 is 23.4 Å². The molecule has 0 atom stereocenters. The predicted octanol–water partition coefficient (Wildman–Crippen LogP) is 1.51. The monoisotopic (exact) mass is 290 g/mol. The Bertz CT molecular complexity index is 684. The molecule has 0 aliphatic rings. The number of amides is 1. The first-order valence-corrected chi connectivity index (χ1v) is 6.95. The maximum Gasteiger partial charge on any atom is 0.270 e. The zero-order chi connectivity index (χ0) is 14.5. The molecule has 7 heteroatoms. The minimum Gasteiger partial charge on any atom is -0.325 e. The van der Waals surface area contributed by atoms with Crippen LogP contribution < -0.4 is 10.9 Å². The number of hydrogen-bond donors (Lipinski definition) is 2. The van der Waals surface area contributed by atoms with Crippen molar-refractivity contribution in [2.24, 2.45) is 0 Å². The van der Waals surface area contributed by atoms with Gasteiger partial charge in [-0.05, 0) is 37.1 Å². The van der Waals surface area contributed by atoms with Crippen LogP contribution in [0, 0.1) is 13.8 Å². The van der Waals surface area contributed by atoms with E-state index in [-0.39, 0.29) is 17.2 Å². The van der Waals surface area contributed by atoms with Gasteiger partial charge in [0.2, 0.25) is 5.91 Å². The van der Waals surface area contributed by atoms with E-state index in [0.717, 1.165) is 29.2 Å². The predicted molar refractivity (Wildman–Crippen MR) is 77.9 cm³/mol. The van der Waals surface area contributed by atoms with Gasteiger partial charge in [-0.25, -0.2) is 0 Å². The largest absolute Gasteiger partial charge is 0.325 e. The molecule has 1 aromatic heterocycles. The number of rotatable bonds is 4. The maximum absolute atomic E-state index is 11.8. The molecule has 0 aliphatic heterocycles. The van der Waals surface area contributed by atoms with E-state index in [2.05, 4.69) is 20.5 Å². The van der Waals surface area contributed by atoms with E-state index in [1.165, 1.54) is 5.56 Å². The van der Waals surface area contributed by atoms with Crippen LogP contribution in [-0.2, 0) is 4.79 Å². The Morgan fingerprint density at radius 3 is 2.85 bits per heavy atom. The summed E-state index contributed by atoms with van der Waals surface area (Å²) >= 11 is 1.13. The molecule has 0 aliphatic carbocycles. The second-order valence-corrected chi connectivity index (χ2v) is 5.24. The Labute approximate surface area is 120 Å². The average Bonchev–Trinajstić information content (AvgIpc) is 2.41. The number of nitrogens with zero attached hydrogens (tertiary/aromatic N) is 2. The molecule has 0 saturated heterocycles. The van der Waals surface area contributed by atoms with Crippen LogP contribution >= 0.6 is 11.8 Å². The molecule has 2 aromatic rings. The Balaban J connectivity index is 1.92. The van der Waals surface area contributed by atoms with Crippen molar-refractivity contribution in [3.63, 3.8) is 0 Å². The van der Waals surface area contributed by atoms with Crippen molar-refractivity contribution in [3.8, 4) is 0 Å². The highest BCUT2D eigenvalue weighted by Gasteiger charge is 2.06. The standard InChI is InChI=1S/C13H14N4O2S/c1-8-3-4-10(5-9(8)2)15-12(19)7-20-13-16-11(18)6-14-17-13/h3-6H,7H2,1-2H3,(H,15,19)(H,16,17,18). The van der Waals surface area contributed by atoms with Crippen LogP contribution in [0.5, 0.6) is 0 Å². The van der Waals surface area contributed by atoms with E-state index < -0.39 is 0 Å². The van der Waals surface area contributed by atoms with E-state index in [1.54, 1.807) is 0 Å². The average molecular weight is 290 g/mol. The van der Waals surface area contributed by atoms with Crippen molar-refractivity contribution in [1.29, 1.82) is 0 Å². The van der Waals surface area contributed by atoms with Crippen LogP contribution in [0.15, 0.2) is 34.3 Å². The number of nitrogens with one attached hydrogen (secondary N) is 2. The molecular weight excluding hydrogens is 276 g/mol. The molecule has 20 heavy (non-hydrogen) atoms. The lowest BCUT2D eigenvalue weighted by atomic mass is 10.1. The quantitative estimate of drug-likeness (QED) is 0.833. The van der Waals surface area contributed by atoms with Crippen LogP contribution in [0.3, 0.4) is 0 Å².